The zero-order valence-electron chi connectivity index (χ0n) is 36.7. The third-order valence-electron chi connectivity index (χ3n) is 10.9. The highest BCUT2D eigenvalue weighted by atomic mass is 16.7. The highest BCUT2D eigenvalue weighted by Gasteiger charge is 2.48. The minimum Gasteiger partial charge on any atom is -0.394 e. The first-order valence-electron chi connectivity index (χ1n) is 21.5. The van der Waals surface area contributed by atoms with Crippen molar-refractivity contribution in [3.63, 3.8) is 0 Å². The minimum atomic E-state index is -1.51. The molecule has 5 amide bonds. The van der Waals surface area contributed by atoms with Crippen LogP contribution >= 0.6 is 0 Å². The molecule has 0 saturated carbocycles. The number of ether oxygens (including phenoxy) is 3. The van der Waals surface area contributed by atoms with Crippen LogP contribution in [-0.4, -0.2) is 118 Å². The molecule has 3 aromatic carbocycles. The number of para-hydroxylation sites is 1. The molecule has 0 radical (unpaired) electrons. The number of rotatable bonds is 23. The Labute approximate surface area is 375 Å². The van der Waals surface area contributed by atoms with Gasteiger partial charge in [0, 0.05) is 37.9 Å². The summed E-state index contributed by atoms with van der Waals surface area (Å²) in [5, 5.41) is 48.1. The van der Waals surface area contributed by atoms with Crippen molar-refractivity contribution in [3.05, 3.63) is 88.5 Å². The van der Waals surface area contributed by atoms with Crippen LogP contribution in [0, 0.1) is 16.0 Å². The number of aliphatic hydroxyl groups excluding tert-OH is 2. The van der Waals surface area contributed by atoms with E-state index in [9.17, 15) is 44.3 Å². The first-order valence-corrected chi connectivity index (χ1v) is 21.5. The summed E-state index contributed by atoms with van der Waals surface area (Å²) in [6, 6.07) is 17.7. The average Bonchev–Trinajstić information content (AvgIpc) is 3.28. The van der Waals surface area contributed by atoms with E-state index < -0.39 is 89.9 Å². The highest BCUT2D eigenvalue weighted by Crippen LogP contribution is 2.36. The SMILES string of the molecule is CC(=O)N[C@H]1[C@@H](OCc2ccccc2)OC(CO)[C@H](O)[C@@H]1OC(C)C(=O)N[C@@H](C(=O)N[C@@H](CCC(=O)NCCCCNc1c2ccccc2nc2cccc([N+](=O)[O-])c12)C(N)=O)C(C)C. The molecule has 9 N–H and O–H groups in total. The monoisotopic (exact) mass is 902 g/mol. The molecular formula is C45H58N8O12. The fraction of sp³-hybridized carbons (Fsp3) is 0.467. The summed E-state index contributed by atoms with van der Waals surface area (Å²) >= 11 is 0. The van der Waals surface area contributed by atoms with Crippen molar-refractivity contribution in [3.8, 4) is 0 Å². The quantitative estimate of drug-likeness (QED) is 0.0229. The van der Waals surface area contributed by atoms with Crippen LogP contribution in [0.1, 0.15) is 58.9 Å². The number of aromatic nitrogens is 1. The number of amides is 5. The van der Waals surface area contributed by atoms with Crippen molar-refractivity contribution in [1.82, 2.24) is 26.3 Å². The van der Waals surface area contributed by atoms with Crippen LogP contribution < -0.4 is 32.3 Å². The number of aliphatic hydroxyl groups is 2. The van der Waals surface area contributed by atoms with Crippen LogP contribution in [0.4, 0.5) is 11.4 Å². The van der Waals surface area contributed by atoms with Crippen molar-refractivity contribution in [1.29, 1.82) is 0 Å². The number of primary amides is 1. The number of nitrogens with one attached hydrogen (secondary N) is 5. The van der Waals surface area contributed by atoms with Crippen LogP contribution in [0.3, 0.4) is 0 Å². The van der Waals surface area contributed by atoms with E-state index in [-0.39, 0.29) is 31.0 Å². The van der Waals surface area contributed by atoms with Gasteiger partial charge in [-0.25, -0.2) is 4.98 Å². The Hall–Kier alpha value is -6.32. The third kappa shape index (κ3) is 13.4. The highest BCUT2D eigenvalue weighted by molar-refractivity contribution is 6.11. The first-order chi connectivity index (χ1) is 31.1. The Morgan fingerprint density at radius 3 is 2.29 bits per heavy atom. The van der Waals surface area contributed by atoms with Gasteiger partial charge in [0.25, 0.3) is 5.69 Å². The molecular weight excluding hydrogens is 845 g/mol. The van der Waals surface area contributed by atoms with E-state index in [0.29, 0.717) is 48.0 Å². The van der Waals surface area contributed by atoms with Gasteiger partial charge in [-0.15, -0.1) is 0 Å². The maximum atomic E-state index is 13.6. The maximum absolute atomic E-state index is 13.6. The number of hydrogen-bond acceptors (Lipinski definition) is 14. The number of hydrogen-bond donors (Lipinski definition) is 8. The number of carbonyl (C=O) groups excluding carboxylic acids is 5. The third-order valence-corrected chi connectivity index (χ3v) is 10.9. The van der Waals surface area contributed by atoms with Gasteiger partial charge < -0.3 is 56.7 Å². The molecule has 5 rings (SSSR count). The Morgan fingerprint density at radius 1 is 0.923 bits per heavy atom. The zero-order chi connectivity index (χ0) is 47.2. The lowest BCUT2D eigenvalue weighted by Crippen LogP contribution is -2.66. The second kappa shape index (κ2) is 23.6. The summed E-state index contributed by atoms with van der Waals surface area (Å²) < 4.78 is 17.8. The van der Waals surface area contributed by atoms with E-state index in [1.54, 1.807) is 26.0 Å². The standard InChI is InChI=1S/C45H58N8O12/c1-25(2)37(52-43(59)26(3)64-41-39(49-27(4)55)45(65-34(23-54)40(41)57)63-24-28-13-6-5-7-14-28)44(60)51-32(42(46)58)19-20-35(56)47-21-10-11-22-48-38-29-15-8-9-16-30(29)50-31-17-12-18-33(36(31)38)53(61)62/h5-9,12-18,25-26,32,34,37,39-41,45,54,57H,10-11,19-24H2,1-4H3,(H2,46,58)(H,47,56)(H,48,50)(H,49,55)(H,51,60)(H,52,59)/t26?,32-,34?,37+,39+,40-,41+,45-/m0/s1. The van der Waals surface area contributed by atoms with Gasteiger partial charge in [-0.05, 0) is 49.8 Å². The molecule has 0 aliphatic carbocycles. The minimum absolute atomic E-state index is 0.0571. The molecule has 1 aliphatic heterocycles. The number of anilines is 1. The second-order valence-electron chi connectivity index (χ2n) is 16.1. The van der Waals surface area contributed by atoms with Crippen LogP contribution in [0.5, 0.6) is 0 Å². The van der Waals surface area contributed by atoms with Gasteiger partial charge in [0.15, 0.2) is 6.29 Å². The summed E-state index contributed by atoms with van der Waals surface area (Å²) in [5.74, 6) is -3.79. The number of unbranched alkanes of at least 4 members (excludes halogenated alkanes) is 1. The van der Waals surface area contributed by atoms with Crippen molar-refractivity contribution in [2.45, 2.75) is 109 Å². The number of non-ortho nitro benzene ring substituents is 1. The Morgan fingerprint density at radius 2 is 1.62 bits per heavy atom. The fourth-order valence-electron chi connectivity index (χ4n) is 7.48. The largest absolute Gasteiger partial charge is 0.394 e. The van der Waals surface area contributed by atoms with Crippen LogP contribution in [0.15, 0.2) is 72.8 Å². The summed E-state index contributed by atoms with van der Waals surface area (Å²) in [7, 11) is 0. The topological polar surface area (TPSA) is 296 Å². The molecule has 4 aromatic rings. The fourth-order valence-corrected chi connectivity index (χ4v) is 7.48. The molecule has 1 saturated heterocycles. The van der Waals surface area contributed by atoms with Crippen molar-refractivity contribution >= 4 is 62.7 Å². The number of carbonyl (C=O) groups is 5. The van der Waals surface area contributed by atoms with Gasteiger partial charge in [-0.2, -0.15) is 0 Å². The van der Waals surface area contributed by atoms with Gasteiger partial charge in [0.1, 0.15) is 47.9 Å². The van der Waals surface area contributed by atoms with Gasteiger partial charge in [-0.3, -0.25) is 34.1 Å². The number of pyridine rings is 1. The Bertz CT molecular complexity index is 2300. The maximum Gasteiger partial charge on any atom is 0.280 e. The number of nitrogens with two attached hydrogens (primary N) is 1. The molecule has 0 spiro atoms. The number of nitro benzene ring substituents is 1. The average molecular weight is 903 g/mol. The lowest BCUT2D eigenvalue weighted by molar-refractivity contribution is -0.383. The molecule has 2 heterocycles. The zero-order valence-corrected chi connectivity index (χ0v) is 36.7. The molecule has 65 heavy (non-hydrogen) atoms. The van der Waals surface area contributed by atoms with Gasteiger partial charge in [0.2, 0.25) is 29.5 Å². The smallest absolute Gasteiger partial charge is 0.280 e. The number of nitrogens with zero attached hydrogens (tertiary/aromatic N) is 2. The van der Waals surface area contributed by atoms with Gasteiger partial charge >= 0.3 is 0 Å². The van der Waals surface area contributed by atoms with Crippen molar-refractivity contribution < 1.29 is 53.3 Å². The molecule has 8 atom stereocenters. The van der Waals surface area contributed by atoms with E-state index >= 15 is 0 Å². The molecule has 20 heteroatoms. The summed E-state index contributed by atoms with van der Waals surface area (Å²) in [6.07, 6.45) is -5.64. The molecule has 1 aliphatic rings. The van der Waals surface area contributed by atoms with Gasteiger partial charge in [0.05, 0.1) is 34.9 Å². The van der Waals surface area contributed by atoms with Crippen molar-refractivity contribution in [2.24, 2.45) is 11.7 Å². The molecule has 0 bridgehead atoms. The van der Waals surface area contributed by atoms with E-state index in [1.807, 2.05) is 54.6 Å². The predicted molar refractivity (Wildman–Crippen MR) is 239 cm³/mol. The molecule has 2 unspecified atom stereocenters. The second-order valence-corrected chi connectivity index (χ2v) is 16.1. The van der Waals surface area contributed by atoms with Crippen LogP contribution in [-0.2, 0) is 44.8 Å². The summed E-state index contributed by atoms with van der Waals surface area (Å²) in [4.78, 5) is 80.6. The molecule has 20 nitrogen and oxygen atoms in total. The molecule has 1 aromatic heterocycles. The van der Waals surface area contributed by atoms with E-state index in [2.05, 4.69) is 31.6 Å². The normalized spacial score (nSPS) is 19.8. The van der Waals surface area contributed by atoms with E-state index in [4.69, 9.17) is 19.9 Å². The van der Waals surface area contributed by atoms with Crippen molar-refractivity contribution in [2.75, 3.05) is 25.0 Å². The van der Waals surface area contributed by atoms with Gasteiger partial charge in [-0.1, -0.05) is 68.4 Å². The summed E-state index contributed by atoms with van der Waals surface area (Å²) in [6.45, 7) is 6.13. The number of fused-ring (bicyclic) bond motifs is 2. The first kappa shape index (κ1) is 49.7. The van der Waals surface area contributed by atoms with E-state index in [0.717, 1.165) is 10.9 Å². The lowest BCUT2D eigenvalue weighted by atomic mass is 9.96. The Kier molecular flexibility index (Phi) is 18.0. The van der Waals surface area contributed by atoms with Crippen LogP contribution in [0.25, 0.3) is 21.8 Å². The van der Waals surface area contributed by atoms with Crippen LogP contribution in [0.2, 0.25) is 0 Å². The number of nitro groups is 1. The number of benzene rings is 3. The molecule has 350 valence electrons. The molecule has 1 fully saturated rings. The summed E-state index contributed by atoms with van der Waals surface area (Å²) in [5.41, 5.74) is 8.13. The Balaban J connectivity index is 1.11. The lowest BCUT2D eigenvalue weighted by Gasteiger charge is -2.44. The predicted octanol–water partition coefficient (Wildman–Crippen LogP) is 2.07. The van der Waals surface area contributed by atoms with E-state index in [1.165, 1.54) is 19.9 Å².